The summed E-state index contributed by atoms with van der Waals surface area (Å²) >= 11 is 5.88. The Morgan fingerprint density at radius 3 is 2.47 bits per heavy atom. The van der Waals surface area contributed by atoms with Crippen LogP contribution in [0, 0.1) is 0 Å². The number of rotatable bonds is 5. The standard InChI is InChI=1S/C20H15ClF3N3O3/c1-30-14-5-2-12(3-6-14)16-8-9-19(29)27(26-16)11-18(28)25-17-10-13(20(22,23)24)4-7-15(17)21/h2-10H,11H2,1H3,(H,25,28). The second kappa shape index (κ2) is 8.58. The lowest BCUT2D eigenvalue weighted by molar-refractivity contribution is -0.137. The van der Waals surface area contributed by atoms with E-state index >= 15 is 0 Å². The van der Waals surface area contributed by atoms with E-state index in [2.05, 4.69) is 10.4 Å². The number of methoxy groups -OCH3 is 1. The molecule has 30 heavy (non-hydrogen) atoms. The van der Waals surface area contributed by atoms with Crippen molar-refractivity contribution in [1.29, 1.82) is 0 Å². The number of hydrogen-bond donors (Lipinski definition) is 1. The first-order chi connectivity index (χ1) is 14.2. The third-order valence-electron chi connectivity index (χ3n) is 4.11. The van der Waals surface area contributed by atoms with Crippen molar-refractivity contribution in [3.63, 3.8) is 0 Å². The van der Waals surface area contributed by atoms with Gasteiger partial charge in [0.05, 0.1) is 29.1 Å². The molecule has 0 saturated heterocycles. The molecule has 1 heterocycles. The van der Waals surface area contributed by atoms with Crippen molar-refractivity contribution in [2.24, 2.45) is 0 Å². The van der Waals surface area contributed by atoms with Crippen molar-refractivity contribution < 1.29 is 22.7 Å². The smallest absolute Gasteiger partial charge is 0.416 e. The second-order valence-corrected chi connectivity index (χ2v) is 6.59. The molecule has 0 atom stereocenters. The van der Waals surface area contributed by atoms with Gasteiger partial charge in [-0.05, 0) is 48.5 Å². The van der Waals surface area contributed by atoms with Crippen LogP contribution in [0.2, 0.25) is 5.02 Å². The number of carbonyl (C=O) groups excluding carboxylic acids is 1. The van der Waals surface area contributed by atoms with E-state index in [0.717, 1.165) is 22.9 Å². The van der Waals surface area contributed by atoms with Gasteiger partial charge in [0.2, 0.25) is 5.91 Å². The molecule has 10 heteroatoms. The Labute approximate surface area is 173 Å². The molecule has 0 bridgehead atoms. The van der Waals surface area contributed by atoms with Gasteiger partial charge in [0.15, 0.2) is 0 Å². The Balaban J connectivity index is 1.81. The number of ether oxygens (including phenoxy) is 1. The largest absolute Gasteiger partial charge is 0.497 e. The van der Waals surface area contributed by atoms with E-state index in [9.17, 15) is 22.8 Å². The van der Waals surface area contributed by atoms with Crippen molar-refractivity contribution >= 4 is 23.2 Å². The summed E-state index contributed by atoms with van der Waals surface area (Å²) in [7, 11) is 1.53. The Kier molecular flexibility index (Phi) is 6.12. The van der Waals surface area contributed by atoms with Gasteiger partial charge in [-0.3, -0.25) is 9.59 Å². The highest BCUT2D eigenvalue weighted by Crippen LogP contribution is 2.33. The van der Waals surface area contributed by atoms with Gasteiger partial charge >= 0.3 is 6.18 Å². The molecule has 1 N–H and O–H groups in total. The molecule has 2 aromatic carbocycles. The minimum absolute atomic E-state index is 0.0661. The Hall–Kier alpha value is -3.33. The predicted molar refractivity (Wildman–Crippen MR) is 106 cm³/mol. The number of halogens is 4. The maximum atomic E-state index is 12.9. The van der Waals surface area contributed by atoms with Crippen molar-refractivity contribution in [3.8, 4) is 17.0 Å². The van der Waals surface area contributed by atoms with Crippen molar-refractivity contribution in [3.05, 3.63) is 75.5 Å². The first-order valence-electron chi connectivity index (χ1n) is 8.56. The summed E-state index contributed by atoms with van der Waals surface area (Å²) in [4.78, 5) is 24.4. The highest BCUT2D eigenvalue weighted by molar-refractivity contribution is 6.33. The first-order valence-corrected chi connectivity index (χ1v) is 8.94. The molecule has 3 aromatic rings. The molecule has 0 aliphatic carbocycles. The van der Waals surface area contributed by atoms with Gasteiger partial charge < -0.3 is 10.1 Å². The SMILES string of the molecule is COc1ccc(-c2ccc(=O)n(CC(=O)Nc3cc(C(F)(F)F)ccc3Cl)n2)cc1. The number of aromatic nitrogens is 2. The molecule has 0 radical (unpaired) electrons. The summed E-state index contributed by atoms with van der Waals surface area (Å²) in [5.74, 6) is -0.109. The van der Waals surface area contributed by atoms with E-state index in [1.165, 1.54) is 19.2 Å². The van der Waals surface area contributed by atoms with Crippen LogP contribution in [-0.4, -0.2) is 22.8 Å². The average Bonchev–Trinajstić information content (AvgIpc) is 2.70. The molecule has 3 rings (SSSR count). The molecule has 1 amide bonds. The monoisotopic (exact) mass is 437 g/mol. The van der Waals surface area contributed by atoms with E-state index in [-0.39, 0.29) is 10.7 Å². The van der Waals surface area contributed by atoms with E-state index in [1.807, 2.05) is 0 Å². The lowest BCUT2D eigenvalue weighted by Gasteiger charge is -2.12. The van der Waals surface area contributed by atoms with Crippen LogP contribution in [0.1, 0.15) is 5.56 Å². The number of nitrogens with one attached hydrogen (secondary N) is 1. The molecule has 0 fully saturated rings. The lowest BCUT2D eigenvalue weighted by Crippen LogP contribution is -2.29. The first kappa shape index (κ1) is 21.4. The van der Waals surface area contributed by atoms with E-state index < -0.39 is 29.8 Å². The number of alkyl halides is 3. The average molecular weight is 438 g/mol. The fourth-order valence-electron chi connectivity index (χ4n) is 2.60. The Morgan fingerprint density at radius 2 is 1.83 bits per heavy atom. The Morgan fingerprint density at radius 1 is 1.13 bits per heavy atom. The summed E-state index contributed by atoms with van der Waals surface area (Å²) in [5.41, 5.74) is -0.597. The second-order valence-electron chi connectivity index (χ2n) is 6.18. The lowest BCUT2D eigenvalue weighted by atomic mass is 10.1. The molecule has 0 unspecified atom stereocenters. The van der Waals surface area contributed by atoms with Crippen LogP contribution in [0.3, 0.4) is 0 Å². The molecule has 0 spiro atoms. The summed E-state index contributed by atoms with van der Waals surface area (Å²) in [6, 6.07) is 12.2. The predicted octanol–water partition coefficient (Wildman–Crippen LogP) is 4.23. The Bertz CT molecular complexity index is 1130. The van der Waals surface area contributed by atoms with Gasteiger partial charge in [0.1, 0.15) is 12.3 Å². The van der Waals surface area contributed by atoms with Crippen LogP contribution in [0.4, 0.5) is 18.9 Å². The fourth-order valence-corrected chi connectivity index (χ4v) is 2.77. The molecule has 1 aromatic heterocycles. The highest BCUT2D eigenvalue weighted by Gasteiger charge is 2.31. The number of anilines is 1. The topological polar surface area (TPSA) is 73.2 Å². The molecule has 0 aliphatic heterocycles. The molecular weight excluding hydrogens is 423 g/mol. The van der Waals surface area contributed by atoms with Crippen LogP contribution in [0.5, 0.6) is 5.75 Å². The fraction of sp³-hybridized carbons (Fsp3) is 0.150. The molecular formula is C20H15ClF3N3O3. The van der Waals surface area contributed by atoms with Gasteiger partial charge in [-0.2, -0.15) is 18.3 Å². The van der Waals surface area contributed by atoms with Crippen molar-refractivity contribution in [2.75, 3.05) is 12.4 Å². The zero-order chi connectivity index (χ0) is 21.9. The van der Waals surface area contributed by atoms with Gasteiger partial charge in [0, 0.05) is 11.6 Å². The quantitative estimate of drug-likeness (QED) is 0.648. The molecule has 156 valence electrons. The summed E-state index contributed by atoms with van der Waals surface area (Å²) in [5, 5.41) is 6.37. The van der Waals surface area contributed by atoms with Gasteiger partial charge in [-0.25, -0.2) is 4.68 Å². The number of benzene rings is 2. The number of hydrogen-bond acceptors (Lipinski definition) is 4. The number of amides is 1. The normalized spacial score (nSPS) is 11.2. The van der Waals surface area contributed by atoms with Crippen molar-refractivity contribution in [2.45, 2.75) is 12.7 Å². The number of nitrogens with zero attached hydrogens (tertiary/aromatic N) is 2. The van der Waals surface area contributed by atoms with Gasteiger partial charge in [-0.15, -0.1) is 0 Å². The number of carbonyl (C=O) groups is 1. The van der Waals surface area contributed by atoms with E-state index in [4.69, 9.17) is 16.3 Å². The highest BCUT2D eigenvalue weighted by atomic mass is 35.5. The molecule has 0 aliphatic rings. The minimum Gasteiger partial charge on any atom is -0.497 e. The van der Waals surface area contributed by atoms with Crippen LogP contribution in [-0.2, 0) is 17.5 Å². The summed E-state index contributed by atoms with van der Waals surface area (Å²) in [6.45, 7) is -0.505. The third kappa shape index (κ3) is 4.98. The zero-order valence-corrected chi connectivity index (χ0v) is 16.3. The van der Waals surface area contributed by atoms with Crippen LogP contribution >= 0.6 is 11.6 Å². The van der Waals surface area contributed by atoms with Gasteiger partial charge in [-0.1, -0.05) is 11.6 Å². The molecule has 6 nitrogen and oxygen atoms in total. The van der Waals surface area contributed by atoms with Crippen LogP contribution < -0.4 is 15.6 Å². The maximum absolute atomic E-state index is 12.9. The molecule has 0 saturated carbocycles. The van der Waals surface area contributed by atoms with Crippen LogP contribution in [0.25, 0.3) is 11.3 Å². The zero-order valence-electron chi connectivity index (χ0n) is 15.5. The summed E-state index contributed by atoms with van der Waals surface area (Å²) in [6.07, 6.45) is -4.59. The van der Waals surface area contributed by atoms with Crippen LogP contribution in [0.15, 0.2) is 59.4 Å². The summed E-state index contributed by atoms with van der Waals surface area (Å²) < 4.78 is 44.6. The van der Waals surface area contributed by atoms with E-state index in [1.54, 1.807) is 24.3 Å². The minimum atomic E-state index is -4.59. The van der Waals surface area contributed by atoms with Crippen molar-refractivity contribution in [1.82, 2.24) is 9.78 Å². The maximum Gasteiger partial charge on any atom is 0.416 e. The van der Waals surface area contributed by atoms with E-state index in [0.29, 0.717) is 17.0 Å². The third-order valence-corrected chi connectivity index (χ3v) is 4.44. The van der Waals surface area contributed by atoms with Gasteiger partial charge in [0.25, 0.3) is 5.56 Å².